The van der Waals surface area contributed by atoms with Gasteiger partial charge in [0.25, 0.3) is 5.56 Å². The minimum atomic E-state index is 0.00845. The average molecular weight is 473 g/mol. The molecule has 0 radical (unpaired) electrons. The molecule has 0 saturated carbocycles. The summed E-state index contributed by atoms with van der Waals surface area (Å²) in [5, 5.41) is 2.65. The Bertz CT molecular complexity index is 1150. The van der Waals surface area contributed by atoms with Crippen molar-refractivity contribution in [3.8, 4) is 5.75 Å². The molecule has 0 aliphatic rings. The first-order valence-corrected chi connectivity index (χ1v) is 11.3. The van der Waals surface area contributed by atoms with Crippen LogP contribution in [0.25, 0.3) is 10.2 Å². The minimum Gasteiger partial charge on any atom is -0.497 e. The molecule has 0 saturated heterocycles. The molecule has 2 heterocycles. The second-order valence-electron chi connectivity index (χ2n) is 6.18. The summed E-state index contributed by atoms with van der Waals surface area (Å²) in [6.07, 6.45) is 0. The van der Waals surface area contributed by atoms with Crippen LogP contribution >= 0.6 is 39.0 Å². The molecule has 2 aromatic heterocycles. The molecule has 28 heavy (non-hydrogen) atoms. The van der Waals surface area contributed by atoms with Gasteiger partial charge in [0.1, 0.15) is 10.4 Å². The zero-order valence-corrected chi connectivity index (χ0v) is 18.3. The molecular weight excluding hydrogens is 456 g/mol. The van der Waals surface area contributed by atoms with Gasteiger partial charge in [-0.05, 0) is 46.8 Å². The Morgan fingerprint density at radius 1 is 1.07 bits per heavy atom. The van der Waals surface area contributed by atoms with E-state index in [0.717, 1.165) is 32.2 Å². The maximum absolute atomic E-state index is 13.1. The third-order valence-corrected chi connectivity index (χ3v) is 6.78. The van der Waals surface area contributed by atoms with E-state index < -0.39 is 0 Å². The van der Waals surface area contributed by atoms with Gasteiger partial charge in [0.05, 0.1) is 19.2 Å². The standard InChI is InChI=1S/C21H17BrN2O2S2/c1-26-17-8-4-14(5-9-17)12-24-20(25)19-18(10-11-27-19)23-21(24)28-13-15-2-6-16(22)7-3-15/h2-11H,12-13H2,1H3. The van der Waals surface area contributed by atoms with Crippen molar-refractivity contribution in [3.05, 3.63) is 85.9 Å². The summed E-state index contributed by atoms with van der Waals surface area (Å²) < 4.78 is 8.74. The summed E-state index contributed by atoms with van der Waals surface area (Å²) in [5.74, 6) is 1.55. The number of nitrogens with zero attached hydrogens (tertiary/aromatic N) is 2. The summed E-state index contributed by atoms with van der Waals surface area (Å²) in [5.41, 5.74) is 2.99. The molecule has 0 bridgehead atoms. The van der Waals surface area contributed by atoms with Crippen LogP contribution in [0.15, 0.2) is 74.4 Å². The Morgan fingerprint density at radius 3 is 2.50 bits per heavy atom. The normalized spacial score (nSPS) is 11.1. The van der Waals surface area contributed by atoms with E-state index >= 15 is 0 Å². The smallest absolute Gasteiger partial charge is 0.272 e. The maximum Gasteiger partial charge on any atom is 0.272 e. The summed E-state index contributed by atoms with van der Waals surface area (Å²) in [6, 6.07) is 17.9. The fraction of sp³-hybridized carbons (Fsp3) is 0.143. The van der Waals surface area contributed by atoms with Crippen molar-refractivity contribution in [2.45, 2.75) is 17.5 Å². The Balaban J connectivity index is 1.68. The number of benzene rings is 2. The zero-order valence-electron chi connectivity index (χ0n) is 15.1. The number of ether oxygens (including phenoxy) is 1. The van der Waals surface area contributed by atoms with Gasteiger partial charge in [0.15, 0.2) is 5.16 Å². The van der Waals surface area contributed by atoms with Crippen molar-refractivity contribution in [2.75, 3.05) is 7.11 Å². The molecule has 142 valence electrons. The lowest BCUT2D eigenvalue weighted by Gasteiger charge is -2.12. The van der Waals surface area contributed by atoms with Crippen LogP contribution in [-0.2, 0) is 12.3 Å². The molecule has 0 fully saturated rings. The minimum absolute atomic E-state index is 0.00845. The predicted octanol–water partition coefficient (Wildman–Crippen LogP) is 5.57. The van der Waals surface area contributed by atoms with E-state index in [1.54, 1.807) is 23.4 Å². The summed E-state index contributed by atoms with van der Waals surface area (Å²) in [6.45, 7) is 0.479. The van der Waals surface area contributed by atoms with E-state index in [0.29, 0.717) is 11.2 Å². The molecule has 0 aliphatic heterocycles. The third-order valence-electron chi connectivity index (χ3n) is 4.31. The molecule has 4 nitrogen and oxygen atoms in total. The van der Waals surface area contributed by atoms with Crippen LogP contribution in [0.2, 0.25) is 0 Å². The number of hydrogen-bond acceptors (Lipinski definition) is 5. The highest BCUT2D eigenvalue weighted by Gasteiger charge is 2.13. The number of halogens is 1. The molecule has 2 aromatic carbocycles. The van der Waals surface area contributed by atoms with Gasteiger partial charge in [-0.2, -0.15) is 0 Å². The number of aromatic nitrogens is 2. The van der Waals surface area contributed by atoms with E-state index in [2.05, 4.69) is 28.1 Å². The average Bonchev–Trinajstić information content (AvgIpc) is 3.19. The van der Waals surface area contributed by atoms with Gasteiger partial charge in [-0.25, -0.2) is 4.98 Å². The van der Waals surface area contributed by atoms with E-state index in [1.165, 1.54) is 16.9 Å². The van der Waals surface area contributed by atoms with Gasteiger partial charge < -0.3 is 4.74 Å². The Hall–Kier alpha value is -2.09. The molecule has 0 amide bonds. The maximum atomic E-state index is 13.1. The summed E-state index contributed by atoms with van der Waals surface area (Å²) in [4.78, 5) is 17.8. The molecule has 0 N–H and O–H groups in total. The fourth-order valence-corrected chi connectivity index (χ4v) is 4.81. The highest BCUT2D eigenvalue weighted by Crippen LogP contribution is 2.25. The monoisotopic (exact) mass is 472 g/mol. The SMILES string of the molecule is COc1ccc(Cn2c(SCc3ccc(Br)cc3)nc3ccsc3c2=O)cc1. The lowest BCUT2D eigenvalue weighted by molar-refractivity contribution is 0.414. The van der Waals surface area contributed by atoms with Crippen molar-refractivity contribution >= 4 is 49.2 Å². The first-order valence-electron chi connectivity index (χ1n) is 8.62. The largest absolute Gasteiger partial charge is 0.497 e. The summed E-state index contributed by atoms with van der Waals surface area (Å²) in [7, 11) is 1.64. The van der Waals surface area contributed by atoms with Crippen LogP contribution in [0.4, 0.5) is 0 Å². The van der Waals surface area contributed by atoms with Crippen LogP contribution in [-0.4, -0.2) is 16.7 Å². The Labute approximate surface area is 179 Å². The Kier molecular flexibility index (Phi) is 5.85. The molecule has 0 spiro atoms. The van der Waals surface area contributed by atoms with Gasteiger partial charge in [-0.3, -0.25) is 9.36 Å². The van der Waals surface area contributed by atoms with Gasteiger partial charge in [0.2, 0.25) is 0 Å². The van der Waals surface area contributed by atoms with Crippen LogP contribution < -0.4 is 10.3 Å². The molecule has 4 aromatic rings. The lowest BCUT2D eigenvalue weighted by Crippen LogP contribution is -2.23. The van der Waals surface area contributed by atoms with Crippen molar-refractivity contribution in [1.82, 2.24) is 9.55 Å². The molecule has 0 aliphatic carbocycles. The highest BCUT2D eigenvalue weighted by atomic mass is 79.9. The molecule has 0 atom stereocenters. The second kappa shape index (κ2) is 8.51. The van der Waals surface area contributed by atoms with Gasteiger partial charge >= 0.3 is 0 Å². The highest BCUT2D eigenvalue weighted by molar-refractivity contribution is 9.10. The fourth-order valence-electron chi connectivity index (χ4n) is 2.82. The number of hydrogen-bond donors (Lipinski definition) is 0. The second-order valence-corrected chi connectivity index (χ2v) is 8.96. The van der Waals surface area contributed by atoms with Crippen molar-refractivity contribution in [3.63, 3.8) is 0 Å². The van der Waals surface area contributed by atoms with Crippen LogP contribution in [0, 0.1) is 0 Å². The zero-order chi connectivity index (χ0) is 19.5. The van der Waals surface area contributed by atoms with E-state index in [1.807, 2.05) is 47.8 Å². The first-order chi connectivity index (χ1) is 13.6. The van der Waals surface area contributed by atoms with Gasteiger partial charge in [0, 0.05) is 10.2 Å². The van der Waals surface area contributed by atoms with E-state index in [-0.39, 0.29) is 5.56 Å². The predicted molar refractivity (Wildman–Crippen MR) is 120 cm³/mol. The van der Waals surface area contributed by atoms with Crippen LogP contribution in [0.5, 0.6) is 5.75 Å². The van der Waals surface area contributed by atoms with Crippen molar-refractivity contribution in [1.29, 1.82) is 0 Å². The third kappa shape index (κ3) is 4.16. The lowest BCUT2D eigenvalue weighted by atomic mass is 10.2. The summed E-state index contributed by atoms with van der Waals surface area (Å²) >= 11 is 6.48. The van der Waals surface area contributed by atoms with Crippen LogP contribution in [0.1, 0.15) is 11.1 Å². The van der Waals surface area contributed by atoms with Gasteiger partial charge in [-0.15, -0.1) is 11.3 Å². The quantitative estimate of drug-likeness (QED) is 0.271. The van der Waals surface area contributed by atoms with Crippen LogP contribution in [0.3, 0.4) is 0 Å². The number of rotatable bonds is 6. The topological polar surface area (TPSA) is 44.1 Å². The molecular formula is C21H17BrN2O2S2. The van der Waals surface area contributed by atoms with E-state index in [9.17, 15) is 4.79 Å². The number of thiophene rings is 1. The van der Waals surface area contributed by atoms with Crippen molar-refractivity contribution in [2.24, 2.45) is 0 Å². The molecule has 0 unspecified atom stereocenters. The Morgan fingerprint density at radius 2 is 1.79 bits per heavy atom. The van der Waals surface area contributed by atoms with Gasteiger partial charge in [-0.1, -0.05) is 52.0 Å². The number of fused-ring (bicyclic) bond motifs is 1. The molecule has 7 heteroatoms. The first kappa shape index (κ1) is 19.2. The number of methoxy groups -OCH3 is 1. The van der Waals surface area contributed by atoms with E-state index in [4.69, 9.17) is 9.72 Å². The molecule has 4 rings (SSSR count). The number of thioether (sulfide) groups is 1. The van der Waals surface area contributed by atoms with Crippen molar-refractivity contribution < 1.29 is 4.74 Å².